The molecule has 7 rings (SSSR count). The molecule has 220 valence electrons. The number of allylic oxidation sites excluding steroid dienone is 2. The Balaban J connectivity index is 1.31. The van der Waals surface area contributed by atoms with Crippen LogP contribution in [0.25, 0.3) is 0 Å². The molecule has 2 amide bonds. The van der Waals surface area contributed by atoms with Crippen LogP contribution in [0.4, 0.5) is 0 Å². The molecule has 8 nitrogen and oxygen atoms in total. The molecule has 2 saturated heterocycles. The van der Waals surface area contributed by atoms with Crippen molar-refractivity contribution in [2.45, 2.75) is 50.4 Å². The van der Waals surface area contributed by atoms with E-state index in [2.05, 4.69) is 30.4 Å². The van der Waals surface area contributed by atoms with Gasteiger partial charge in [-0.2, -0.15) is 0 Å². The second-order valence-corrected chi connectivity index (χ2v) is 11.9. The van der Waals surface area contributed by atoms with E-state index in [0.29, 0.717) is 11.5 Å². The lowest BCUT2D eigenvalue weighted by Crippen LogP contribution is -2.43. The Morgan fingerprint density at radius 2 is 1.24 bits per heavy atom. The van der Waals surface area contributed by atoms with Gasteiger partial charge in [0.2, 0.25) is 25.4 Å². The van der Waals surface area contributed by atoms with Gasteiger partial charge in [-0.25, -0.2) is 0 Å². The minimum absolute atomic E-state index is 0.0389. The fraction of sp³-hybridized carbons (Fsp3) is 0.471. The van der Waals surface area contributed by atoms with Gasteiger partial charge in [0.25, 0.3) is 0 Å². The van der Waals surface area contributed by atoms with Crippen LogP contribution in [0, 0.1) is 11.8 Å². The lowest BCUT2D eigenvalue weighted by molar-refractivity contribution is -0.136. The van der Waals surface area contributed by atoms with Gasteiger partial charge in [-0.1, -0.05) is 30.4 Å². The zero-order valence-corrected chi connectivity index (χ0v) is 23.9. The maximum absolute atomic E-state index is 14.2. The summed E-state index contributed by atoms with van der Waals surface area (Å²) in [6, 6.07) is 12.1. The second kappa shape index (κ2) is 11.7. The zero-order valence-electron chi connectivity index (χ0n) is 23.9. The molecule has 8 heteroatoms. The van der Waals surface area contributed by atoms with Gasteiger partial charge in [-0.3, -0.25) is 9.59 Å². The number of benzene rings is 2. The number of carbonyl (C=O) groups is 2. The van der Waals surface area contributed by atoms with Crippen LogP contribution in [0.3, 0.4) is 0 Å². The van der Waals surface area contributed by atoms with Crippen molar-refractivity contribution < 1.29 is 28.5 Å². The van der Waals surface area contributed by atoms with Crippen molar-refractivity contribution in [2.75, 3.05) is 39.8 Å². The number of likely N-dealkylation sites (tertiary alicyclic amines) is 2. The van der Waals surface area contributed by atoms with Crippen molar-refractivity contribution in [2.24, 2.45) is 11.8 Å². The van der Waals surface area contributed by atoms with Crippen LogP contribution in [-0.2, 0) is 9.59 Å². The van der Waals surface area contributed by atoms with Crippen molar-refractivity contribution in [1.29, 1.82) is 0 Å². The van der Waals surface area contributed by atoms with Crippen LogP contribution in [0.2, 0.25) is 0 Å². The largest absolute Gasteiger partial charge is 0.454 e. The van der Waals surface area contributed by atoms with Gasteiger partial charge in [0.1, 0.15) is 0 Å². The highest BCUT2D eigenvalue weighted by atomic mass is 16.7. The first kappa shape index (κ1) is 26.9. The van der Waals surface area contributed by atoms with Crippen LogP contribution in [0.1, 0.15) is 61.5 Å². The summed E-state index contributed by atoms with van der Waals surface area (Å²) >= 11 is 0. The summed E-state index contributed by atoms with van der Waals surface area (Å²) in [6.07, 6.45) is 14.5. The van der Waals surface area contributed by atoms with Crippen LogP contribution in [0.5, 0.6) is 23.0 Å². The number of hydrogen-bond donors (Lipinski definition) is 0. The molecule has 0 N–H and O–H groups in total. The lowest BCUT2D eigenvalue weighted by atomic mass is 9.65. The number of ether oxygens (including phenoxy) is 4. The number of fused-ring (bicyclic) bond motifs is 2. The molecule has 1 aliphatic carbocycles. The maximum Gasteiger partial charge on any atom is 0.246 e. The van der Waals surface area contributed by atoms with Crippen LogP contribution in [-0.4, -0.2) is 61.4 Å². The molecule has 0 radical (unpaired) electrons. The molecule has 0 saturated carbocycles. The fourth-order valence-electron chi connectivity index (χ4n) is 7.17. The first-order valence-electron chi connectivity index (χ1n) is 15.4. The molecule has 5 aliphatic rings. The molecule has 4 heterocycles. The number of hydrogen-bond acceptors (Lipinski definition) is 6. The standard InChI is InChI=1S/C34H38N2O6/c37-32(35-15-3-1-4-16-35)14-11-26-25(23-7-12-28-30(19-23)41-21-39-28)9-10-27(34(38)36-17-5-2-6-18-36)33(26)24-8-13-29-31(20-24)42-22-40-29/h7-14,19-20,25-27,33H,1-6,15-18,21-22H2/b14-11+/t25-,26-,27-,33+/m1/s1. The van der Waals surface area contributed by atoms with Gasteiger partial charge in [-0.05, 0) is 85.9 Å². The van der Waals surface area contributed by atoms with Gasteiger partial charge in [-0.15, -0.1) is 0 Å². The normalized spacial score (nSPS) is 26.6. The average molecular weight is 571 g/mol. The Labute approximate surface area is 246 Å². The highest BCUT2D eigenvalue weighted by Crippen LogP contribution is 2.50. The molecule has 0 unspecified atom stereocenters. The van der Waals surface area contributed by atoms with Crippen molar-refractivity contribution in [3.63, 3.8) is 0 Å². The average Bonchev–Trinajstić information content (AvgIpc) is 3.72. The van der Waals surface area contributed by atoms with E-state index in [9.17, 15) is 9.59 Å². The quantitative estimate of drug-likeness (QED) is 0.354. The Morgan fingerprint density at radius 1 is 0.667 bits per heavy atom. The molecule has 0 bridgehead atoms. The highest BCUT2D eigenvalue weighted by Gasteiger charge is 2.42. The Morgan fingerprint density at radius 3 is 1.90 bits per heavy atom. The zero-order chi connectivity index (χ0) is 28.5. The number of piperidine rings is 2. The summed E-state index contributed by atoms with van der Waals surface area (Å²) in [5.74, 6) is 2.23. The van der Waals surface area contributed by atoms with E-state index >= 15 is 0 Å². The predicted octanol–water partition coefficient (Wildman–Crippen LogP) is 5.39. The van der Waals surface area contributed by atoms with Gasteiger partial charge < -0.3 is 28.7 Å². The number of rotatable bonds is 5. The summed E-state index contributed by atoms with van der Waals surface area (Å²) in [6.45, 7) is 3.56. The molecular formula is C34H38N2O6. The molecule has 2 fully saturated rings. The third-order valence-corrected chi connectivity index (χ3v) is 9.39. The summed E-state index contributed by atoms with van der Waals surface area (Å²) in [5, 5.41) is 0. The molecule has 4 atom stereocenters. The van der Waals surface area contributed by atoms with Crippen molar-refractivity contribution in [3.8, 4) is 23.0 Å². The van der Waals surface area contributed by atoms with Crippen LogP contribution >= 0.6 is 0 Å². The third kappa shape index (κ3) is 5.23. The monoisotopic (exact) mass is 570 g/mol. The first-order valence-corrected chi connectivity index (χ1v) is 15.4. The Hall–Kier alpha value is -3.94. The van der Waals surface area contributed by atoms with E-state index in [1.54, 1.807) is 6.08 Å². The topological polar surface area (TPSA) is 77.5 Å². The molecule has 4 aliphatic heterocycles. The van der Waals surface area contributed by atoms with Crippen LogP contribution in [0.15, 0.2) is 60.7 Å². The van der Waals surface area contributed by atoms with Gasteiger partial charge in [0.15, 0.2) is 23.0 Å². The number of amides is 2. The molecule has 2 aromatic carbocycles. The summed E-state index contributed by atoms with van der Waals surface area (Å²) in [5.41, 5.74) is 2.06. The van der Waals surface area contributed by atoms with E-state index in [4.69, 9.17) is 18.9 Å². The van der Waals surface area contributed by atoms with E-state index in [1.165, 1.54) is 6.42 Å². The SMILES string of the molecule is O=C(/C=C/[C@H]1[C@H](c2ccc3c(c2)OCO3)[C@H](C(=O)N2CCCCC2)C=C[C@@H]1c1ccc2c(c1)OCO2)N1CCCCC1. The molecule has 0 spiro atoms. The summed E-state index contributed by atoms with van der Waals surface area (Å²) < 4.78 is 22.7. The molecule has 42 heavy (non-hydrogen) atoms. The first-order chi connectivity index (χ1) is 20.7. The second-order valence-electron chi connectivity index (χ2n) is 11.9. The predicted molar refractivity (Wildman–Crippen MR) is 157 cm³/mol. The highest BCUT2D eigenvalue weighted by molar-refractivity contribution is 5.88. The van der Waals surface area contributed by atoms with Gasteiger partial charge >= 0.3 is 0 Å². The van der Waals surface area contributed by atoms with Crippen LogP contribution < -0.4 is 18.9 Å². The lowest BCUT2D eigenvalue weighted by Gasteiger charge is -2.41. The molecule has 0 aromatic heterocycles. The summed E-state index contributed by atoms with van der Waals surface area (Å²) in [4.78, 5) is 31.5. The third-order valence-electron chi connectivity index (χ3n) is 9.39. The van der Waals surface area contributed by atoms with Crippen molar-refractivity contribution >= 4 is 11.8 Å². The van der Waals surface area contributed by atoms with Crippen molar-refractivity contribution in [3.05, 3.63) is 71.8 Å². The maximum atomic E-state index is 14.2. The summed E-state index contributed by atoms with van der Waals surface area (Å²) in [7, 11) is 0. The number of nitrogens with zero attached hydrogens (tertiary/aromatic N) is 2. The Kier molecular flexibility index (Phi) is 7.53. The fourth-order valence-corrected chi connectivity index (χ4v) is 7.17. The minimum Gasteiger partial charge on any atom is -0.454 e. The van der Waals surface area contributed by atoms with E-state index < -0.39 is 0 Å². The molecule has 2 aromatic rings. The molecular weight excluding hydrogens is 532 g/mol. The van der Waals surface area contributed by atoms with Gasteiger partial charge in [0, 0.05) is 38.0 Å². The van der Waals surface area contributed by atoms with Gasteiger partial charge in [0.05, 0.1) is 5.92 Å². The minimum atomic E-state index is -0.367. The Bertz CT molecular complexity index is 1390. The van der Waals surface area contributed by atoms with E-state index in [0.717, 1.165) is 80.9 Å². The van der Waals surface area contributed by atoms with E-state index in [1.807, 2.05) is 34.1 Å². The van der Waals surface area contributed by atoms with Crippen molar-refractivity contribution in [1.82, 2.24) is 9.80 Å². The smallest absolute Gasteiger partial charge is 0.246 e. The number of carbonyl (C=O) groups excluding carboxylic acids is 2. The van der Waals surface area contributed by atoms with E-state index in [-0.39, 0.29) is 49.1 Å².